The molecule has 0 atom stereocenters. The van der Waals surface area contributed by atoms with Crippen LogP contribution in [-0.2, 0) is 13.1 Å². The Kier molecular flexibility index (Phi) is 6.14. The van der Waals surface area contributed by atoms with E-state index in [1.807, 2.05) is 17.5 Å². The van der Waals surface area contributed by atoms with Crippen LogP contribution in [0.3, 0.4) is 0 Å². The number of aliphatic imine (C=N–C) groups is 1. The summed E-state index contributed by atoms with van der Waals surface area (Å²) in [5.74, 6) is 0.763. The minimum atomic E-state index is -2.84. The predicted molar refractivity (Wildman–Crippen MR) is 84.4 cm³/mol. The molecular weight excluding hydrogens is 308 g/mol. The summed E-state index contributed by atoms with van der Waals surface area (Å²) in [6.45, 7) is -1.84. The summed E-state index contributed by atoms with van der Waals surface area (Å²) in [4.78, 5) is 5.29. The van der Waals surface area contributed by atoms with Crippen molar-refractivity contribution in [3.05, 3.63) is 52.2 Å². The zero-order valence-corrected chi connectivity index (χ0v) is 12.9. The van der Waals surface area contributed by atoms with Crippen LogP contribution in [0.4, 0.5) is 8.78 Å². The Balaban J connectivity index is 1.90. The SMILES string of the molecule is CN=C(NCc1cccs1)NCc1ccccc1OC(F)F. The first-order valence-corrected chi connectivity index (χ1v) is 7.56. The van der Waals surface area contributed by atoms with Gasteiger partial charge in [-0.05, 0) is 17.5 Å². The lowest BCUT2D eigenvalue weighted by Crippen LogP contribution is -2.36. The summed E-state index contributed by atoms with van der Waals surface area (Å²) in [6, 6.07) is 10.7. The maximum Gasteiger partial charge on any atom is 0.387 e. The highest BCUT2D eigenvalue weighted by Gasteiger charge is 2.09. The van der Waals surface area contributed by atoms with Crippen LogP contribution in [0, 0.1) is 0 Å². The summed E-state index contributed by atoms with van der Waals surface area (Å²) < 4.78 is 29.2. The number of guanidine groups is 1. The van der Waals surface area contributed by atoms with E-state index < -0.39 is 6.61 Å². The maximum absolute atomic E-state index is 12.4. The van der Waals surface area contributed by atoms with Gasteiger partial charge in [0.1, 0.15) is 5.75 Å². The Morgan fingerprint density at radius 3 is 2.64 bits per heavy atom. The minimum absolute atomic E-state index is 0.165. The third-order valence-corrected chi connectivity index (χ3v) is 3.75. The van der Waals surface area contributed by atoms with Crippen LogP contribution in [0.1, 0.15) is 10.4 Å². The number of nitrogens with one attached hydrogen (secondary N) is 2. The normalized spacial score (nSPS) is 11.5. The number of halogens is 2. The first-order valence-electron chi connectivity index (χ1n) is 6.68. The molecule has 1 heterocycles. The van der Waals surface area contributed by atoms with Crippen molar-refractivity contribution in [3.63, 3.8) is 0 Å². The van der Waals surface area contributed by atoms with Gasteiger partial charge in [-0.2, -0.15) is 8.78 Å². The molecule has 7 heteroatoms. The van der Waals surface area contributed by atoms with Crippen LogP contribution in [0.5, 0.6) is 5.75 Å². The third kappa shape index (κ3) is 5.00. The lowest BCUT2D eigenvalue weighted by Gasteiger charge is -2.14. The minimum Gasteiger partial charge on any atom is -0.434 e. The van der Waals surface area contributed by atoms with Gasteiger partial charge in [-0.15, -0.1) is 11.3 Å². The number of benzene rings is 1. The molecule has 22 heavy (non-hydrogen) atoms. The summed E-state index contributed by atoms with van der Waals surface area (Å²) >= 11 is 1.65. The van der Waals surface area contributed by atoms with Crippen molar-refractivity contribution in [1.29, 1.82) is 0 Å². The zero-order chi connectivity index (χ0) is 15.8. The van der Waals surface area contributed by atoms with E-state index in [1.54, 1.807) is 36.6 Å². The van der Waals surface area contributed by atoms with E-state index >= 15 is 0 Å². The average molecular weight is 325 g/mol. The first-order chi connectivity index (χ1) is 10.7. The monoisotopic (exact) mass is 325 g/mol. The fraction of sp³-hybridized carbons (Fsp3) is 0.267. The van der Waals surface area contributed by atoms with Gasteiger partial charge in [0.2, 0.25) is 0 Å². The summed E-state index contributed by atoms with van der Waals surface area (Å²) in [5, 5.41) is 8.25. The Labute approximate surface area is 131 Å². The van der Waals surface area contributed by atoms with E-state index in [-0.39, 0.29) is 5.75 Å². The lowest BCUT2D eigenvalue weighted by atomic mass is 10.2. The quantitative estimate of drug-likeness (QED) is 0.633. The molecule has 0 bridgehead atoms. The number of hydrogen-bond acceptors (Lipinski definition) is 3. The molecule has 0 unspecified atom stereocenters. The van der Waals surface area contributed by atoms with E-state index in [2.05, 4.69) is 20.4 Å². The summed E-state index contributed by atoms with van der Waals surface area (Å²) in [6.07, 6.45) is 0. The van der Waals surface area contributed by atoms with E-state index in [1.165, 1.54) is 10.9 Å². The van der Waals surface area contributed by atoms with Gasteiger partial charge >= 0.3 is 6.61 Å². The Hall–Kier alpha value is -2.15. The number of para-hydroxylation sites is 1. The Morgan fingerprint density at radius 2 is 1.95 bits per heavy atom. The van der Waals surface area contributed by atoms with Gasteiger partial charge in [0.15, 0.2) is 5.96 Å². The molecule has 0 radical (unpaired) electrons. The molecular formula is C15H17F2N3OS. The maximum atomic E-state index is 12.4. The standard InChI is InChI=1S/C15H17F2N3OS/c1-18-15(20-10-12-6-4-8-22-12)19-9-11-5-2-3-7-13(11)21-14(16)17/h2-8,14H,9-10H2,1H3,(H2,18,19,20). The second-order valence-corrected chi connectivity index (χ2v) is 5.38. The highest BCUT2D eigenvalue weighted by Crippen LogP contribution is 2.19. The highest BCUT2D eigenvalue weighted by atomic mass is 32.1. The van der Waals surface area contributed by atoms with E-state index in [9.17, 15) is 8.78 Å². The highest BCUT2D eigenvalue weighted by molar-refractivity contribution is 7.09. The van der Waals surface area contributed by atoms with Gasteiger partial charge in [-0.25, -0.2) is 0 Å². The summed E-state index contributed by atoms with van der Waals surface area (Å²) in [7, 11) is 1.66. The molecule has 0 fully saturated rings. The summed E-state index contributed by atoms with van der Waals surface area (Å²) in [5.41, 5.74) is 0.641. The fourth-order valence-electron chi connectivity index (χ4n) is 1.84. The van der Waals surface area contributed by atoms with Crippen LogP contribution < -0.4 is 15.4 Å². The number of rotatable bonds is 6. The molecule has 0 saturated heterocycles. The zero-order valence-electron chi connectivity index (χ0n) is 12.1. The van der Waals surface area contributed by atoms with Crippen LogP contribution in [-0.4, -0.2) is 19.6 Å². The van der Waals surface area contributed by atoms with E-state index in [4.69, 9.17) is 0 Å². The van der Waals surface area contributed by atoms with Crippen LogP contribution in [0.25, 0.3) is 0 Å². The average Bonchev–Trinajstić information content (AvgIpc) is 3.01. The van der Waals surface area contributed by atoms with Crippen LogP contribution in [0.15, 0.2) is 46.8 Å². The topological polar surface area (TPSA) is 45.7 Å². The molecule has 118 valence electrons. The van der Waals surface area contributed by atoms with Crippen molar-refractivity contribution in [2.75, 3.05) is 7.05 Å². The van der Waals surface area contributed by atoms with Crippen molar-refractivity contribution in [2.45, 2.75) is 19.7 Å². The second kappa shape index (κ2) is 8.33. The molecule has 0 spiro atoms. The smallest absolute Gasteiger partial charge is 0.387 e. The van der Waals surface area contributed by atoms with E-state index in [0.29, 0.717) is 24.6 Å². The third-order valence-electron chi connectivity index (χ3n) is 2.87. The lowest BCUT2D eigenvalue weighted by molar-refractivity contribution is -0.0504. The molecule has 2 N–H and O–H groups in total. The van der Waals surface area contributed by atoms with E-state index in [0.717, 1.165) is 0 Å². The molecule has 4 nitrogen and oxygen atoms in total. The molecule has 0 amide bonds. The molecule has 1 aromatic heterocycles. The van der Waals surface area contributed by atoms with Crippen LogP contribution in [0.2, 0.25) is 0 Å². The molecule has 0 aliphatic carbocycles. The first kappa shape index (κ1) is 16.2. The largest absolute Gasteiger partial charge is 0.434 e. The molecule has 2 aromatic rings. The second-order valence-electron chi connectivity index (χ2n) is 4.34. The number of alkyl halides is 2. The Morgan fingerprint density at radius 1 is 1.18 bits per heavy atom. The fourth-order valence-corrected chi connectivity index (χ4v) is 2.49. The van der Waals surface area contributed by atoms with Gasteiger partial charge < -0.3 is 15.4 Å². The number of nitrogens with zero attached hydrogens (tertiary/aromatic N) is 1. The van der Waals surface area contributed by atoms with Crippen molar-refractivity contribution in [3.8, 4) is 5.75 Å². The van der Waals surface area contributed by atoms with Crippen molar-refractivity contribution in [2.24, 2.45) is 4.99 Å². The number of hydrogen-bond donors (Lipinski definition) is 2. The molecule has 2 rings (SSSR count). The van der Waals surface area contributed by atoms with Gasteiger partial charge in [0, 0.05) is 24.0 Å². The molecule has 0 saturated carbocycles. The van der Waals surface area contributed by atoms with Crippen molar-refractivity contribution in [1.82, 2.24) is 10.6 Å². The van der Waals surface area contributed by atoms with Crippen molar-refractivity contribution >= 4 is 17.3 Å². The number of ether oxygens (including phenoxy) is 1. The predicted octanol–water partition coefficient (Wildman–Crippen LogP) is 3.21. The van der Waals surface area contributed by atoms with Crippen molar-refractivity contribution < 1.29 is 13.5 Å². The Bertz CT molecular complexity index is 603. The van der Waals surface area contributed by atoms with Gasteiger partial charge in [-0.3, -0.25) is 4.99 Å². The number of thiophene rings is 1. The van der Waals surface area contributed by atoms with Gasteiger partial charge in [-0.1, -0.05) is 24.3 Å². The molecule has 1 aromatic carbocycles. The molecule has 0 aliphatic rings. The van der Waals surface area contributed by atoms with Crippen LogP contribution >= 0.6 is 11.3 Å². The molecule has 0 aliphatic heterocycles. The van der Waals surface area contributed by atoms with Gasteiger partial charge in [0.05, 0.1) is 6.54 Å². The van der Waals surface area contributed by atoms with Gasteiger partial charge in [0.25, 0.3) is 0 Å².